The number of ether oxygens (including phenoxy) is 1. The fraction of sp³-hybridized carbons (Fsp3) is 0.308. The first-order valence-electron chi connectivity index (χ1n) is 5.94. The molecule has 116 valence electrons. The second-order valence-electron chi connectivity index (χ2n) is 3.68. The molecule has 21 heavy (non-hydrogen) atoms. The molecule has 1 rings (SSSR count). The number of rotatable bonds is 6. The third kappa shape index (κ3) is 12.2. The molecular weight excluding hydrogens is 282 g/mol. The van der Waals surface area contributed by atoms with Crippen LogP contribution in [-0.4, -0.2) is 46.5 Å². The first-order chi connectivity index (χ1) is 9.95. The van der Waals surface area contributed by atoms with Crippen LogP contribution in [0.5, 0.6) is 0 Å². The van der Waals surface area contributed by atoms with Gasteiger partial charge in [-0.25, -0.2) is 9.59 Å². The fourth-order valence-corrected chi connectivity index (χ4v) is 1.05. The maximum Gasteiger partial charge on any atom is 0.407 e. The van der Waals surface area contributed by atoms with Gasteiger partial charge in [-0.3, -0.25) is 4.79 Å². The van der Waals surface area contributed by atoms with Crippen LogP contribution >= 0.6 is 0 Å². The van der Waals surface area contributed by atoms with Gasteiger partial charge >= 0.3 is 18.0 Å². The van der Waals surface area contributed by atoms with Gasteiger partial charge in [-0.2, -0.15) is 0 Å². The minimum atomic E-state index is -1.19. The number of aliphatic hydroxyl groups is 1. The van der Waals surface area contributed by atoms with Crippen molar-refractivity contribution in [2.75, 3.05) is 13.2 Å². The zero-order valence-electron chi connectivity index (χ0n) is 11.2. The number of aliphatic carboxylic acids is 2. The third-order valence-electron chi connectivity index (χ3n) is 1.96. The van der Waals surface area contributed by atoms with Crippen LogP contribution in [0.15, 0.2) is 30.3 Å². The molecule has 0 saturated heterocycles. The molecule has 8 heteroatoms. The number of hydrogen-bond acceptors (Lipinski definition) is 5. The lowest BCUT2D eigenvalue weighted by molar-refractivity contribution is -0.140. The largest absolute Gasteiger partial charge is 0.481 e. The normalized spacial score (nSPS) is 9.00. The van der Waals surface area contributed by atoms with Crippen LogP contribution in [0.1, 0.15) is 12.0 Å². The molecule has 4 N–H and O–H groups in total. The van der Waals surface area contributed by atoms with Crippen molar-refractivity contribution in [3.63, 3.8) is 0 Å². The highest BCUT2D eigenvalue weighted by Crippen LogP contribution is 2.00. The van der Waals surface area contributed by atoms with Gasteiger partial charge in [0.15, 0.2) is 0 Å². The lowest BCUT2D eigenvalue weighted by Crippen LogP contribution is -2.26. The Bertz CT molecular complexity index is 447. The number of nitrogens with one attached hydrogen (secondary N) is 1. The lowest BCUT2D eigenvalue weighted by atomic mass is 10.2. The molecule has 0 aliphatic carbocycles. The van der Waals surface area contributed by atoms with E-state index in [1.807, 2.05) is 30.3 Å². The van der Waals surface area contributed by atoms with Crippen molar-refractivity contribution < 1.29 is 34.4 Å². The van der Waals surface area contributed by atoms with Gasteiger partial charge in [0.1, 0.15) is 13.2 Å². The van der Waals surface area contributed by atoms with E-state index < -0.39 is 24.6 Å². The van der Waals surface area contributed by atoms with Crippen LogP contribution in [0.25, 0.3) is 0 Å². The number of hydrogen-bond donors (Lipinski definition) is 4. The maximum absolute atomic E-state index is 11.1. The topological polar surface area (TPSA) is 133 Å². The van der Waals surface area contributed by atoms with E-state index in [0.29, 0.717) is 0 Å². The van der Waals surface area contributed by atoms with Crippen LogP contribution in [0.3, 0.4) is 0 Å². The minimum absolute atomic E-state index is 0.0724. The quantitative estimate of drug-likeness (QED) is 0.599. The van der Waals surface area contributed by atoms with Gasteiger partial charge < -0.3 is 25.4 Å². The van der Waals surface area contributed by atoms with E-state index in [1.54, 1.807) is 0 Å². The Hall–Kier alpha value is -2.61. The van der Waals surface area contributed by atoms with Crippen LogP contribution in [-0.2, 0) is 20.9 Å². The smallest absolute Gasteiger partial charge is 0.407 e. The number of carbonyl (C=O) groups is 3. The first kappa shape index (κ1) is 18.4. The van der Waals surface area contributed by atoms with Crippen molar-refractivity contribution in [3.8, 4) is 0 Å². The van der Waals surface area contributed by atoms with E-state index in [4.69, 9.17) is 24.9 Å². The SMILES string of the molecule is O=C(O)CCNC(=O)OCc1ccccc1.O=C(O)CO. The van der Waals surface area contributed by atoms with Crippen molar-refractivity contribution in [3.05, 3.63) is 35.9 Å². The van der Waals surface area contributed by atoms with Crippen LogP contribution in [0.4, 0.5) is 4.79 Å². The fourth-order valence-electron chi connectivity index (χ4n) is 1.05. The van der Waals surface area contributed by atoms with Crippen LogP contribution in [0, 0.1) is 0 Å². The van der Waals surface area contributed by atoms with E-state index in [-0.39, 0.29) is 19.6 Å². The number of carbonyl (C=O) groups excluding carboxylic acids is 1. The first-order valence-corrected chi connectivity index (χ1v) is 5.94. The molecule has 0 aromatic heterocycles. The zero-order valence-corrected chi connectivity index (χ0v) is 11.2. The Balaban J connectivity index is 0.000000690. The van der Waals surface area contributed by atoms with E-state index in [1.165, 1.54) is 0 Å². The van der Waals surface area contributed by atoms with E-state index in [9.17, 15) is 9.59 Å². The summed E-state index contributed by atoms with van der Waals surface area (Å²) in [6.45, 7) is -0.525. The molecule has 1 aromatic carbocycles. The molecule has 0 radical (unpaired) electrons. The van der Waals surface area contributed by atoms with Gasteiger partial charge in [-0.05, 0) is 5.56 Å². The van der Waals surface area contributed by atoms with Crippen molar-refractivity contribution in [1.29, 1.82) is 0 Å². The Labute approximate surface area is 121 Å². The highest BCUT2D eigenvalue weighted by Gasteiger charge is 2.03. The molecule has 1 amide bonds. The number of carboxylic acids is 2. The highest BCUT2D eigenvalue weighted by molar-refractivity contribution is 5.70. The van der Waals surface area contributed by atoms with Crippen LogP contribution < -0.4 is 5.32 Å². The summed E-state index contributed by atoms with van der Waals surface area (Å²) in [7, 11) is 0. The Morgan fingerprint density at radius 3 is 2.10 bits per heavy atom. The number of carboxylic acid groups (broad SMARTS) is 2. The number of aliphatic hydroxyl groups excluding tert-OH is 1. The van der Waals surface area contributed by atoms with Crippen molar-refractivity contribution in [1.82, 2.24) is 5.32 Å². The van der Waals surface area contributed by atoms with E-state index in [0.717, 1.165) is 5.56 Å². The summed E-state index contributed by atoms with van der Waals surface area (Å²) in [5.41, 5.74) is 0.885. The number of benzene rings is 1. The van der Waals surface area contributed by atoms with Crippen molar-refractivity contribution in [2.24, 2.45) is 0 Å². The summed E-state index contributed by atoms with van der Waals surface area (Å²) in [5, 5.41) is 25.7. The molecule has 0 saturated carbocycles. The molecule has 0 fully saturated rings. The standard InChI is InChI=1S/C11H13NO4.C2H4O3/c13-10(14)6-7-12-11(15)16-8-9-4-2-1-3-5-9;3-1-2(4)5/h1-5H,6-8H2,(H,12,15)(H,13,14);3H,1H2,(H,4,5). The highest BCUT2D eigenvalue weighted by atomic mass is 16.5. The Kier molecular flexibility index (Phi) is 9.84. The second kappa shape index (κ2) is 11.2. The summed E-state index contributed by atoms with van der Waals surface area (Å²) in [5.74, 6) is -2.15. The van der Waals surface area contributed by atoms with E-state index in [2.05, 4.69) is 5.32 Å². The molecule has 0 aliphatic rings. The maximum atomic E-state index is 11.1. The van der Waals surface area contributed by atoms with Gasteiger partial charge in [0.2, 0.25) is 0 Å². The number of alkyl carbamates (subject to hydrolysis) is 1. The average Bonchev–Trinajstić information content (AvgIpc) is 2.46. The average molecular weight is 299 g/mol. The monoisotopic (exact) mass is 299 g/mol. The molecular formula is C13H17NO7. The number of amides is 1. The van der Waals surface area contributed by atoms with E-state index >= 15 is 0 Å². The summed E-state index contributed by atoms with van der Waals surface area (Å²) in [4.78, 5) is 30.4. The zero-order chi connectivity index (χ0) is 16.1. The Morgan fingerprint density at radius 1 is 1.05 bits per heavy atom. The molecule has 0 heterocycles. The molecule has 0 aliphatic heterocycles. The lowest BCUT2D eigenvalue weighted by Gasteiger charge is -2.05. The van der Waals surface area contributed by atoms with Crippen LogP contribution in [0.2, 0.25) is 0 Å². The van der Waals surface area contributed by atoms with Gasteiger partial charge in [-0.15, -0.1) is 0 Å². The molecule has 8 nitrogen and oxygen atoms in total. The molecule has 0 bridgehead atoms. The Morgan fingerprint density at radius 2 is 1.62 bits per heavy atom. The summed E-state index contributed by atoms with van der Waals surface area (Å²) in [6, 6.07) is 9.24. The second-order valence-corrected chi connectivity index (χ2v) is 3.68. The molecule has 0 atom stereocenters. The summed E-state index contributed by atoms with van der Waals surface area (Å²) >= 11 is 0. The van der Waals surface area contributed by atoms with Gasteiger partial charge in [0, 0.05) is 6.54 Å². The van der Waals surface area contributed by atoms with Gasteiger partial charge in [0.25, 0.3) is 0 Å². The van der Waals surface area contributed by atoms with Crippen molar-refractivity contribution in [2.45, 2.75) is 13.0 Å². The minimum Gasteiger partial charge on any atom is -0.481 e. The van der Waals surface area contributed by atoms with Gasteiger partial charge in [0.05, 0.1) is 6.42 Å². The summed E-state index contributed by atoms with van der Waals surface area (Å²) in [6.07, 6.45) is -0.717. The predicted octanol–water partition coefficient (Wildman–Crippen LogP) is 0.451. The predicted molar refractivity (Wildman–Crippen MR) is 71.6 cm³/mol. The van der Waals surface area contributed by atoms with Crippen molar-refractivity contribution >= 4 is 18.0 Å². The van der Waals surface area contributed by atoms with Gasteiger partial charge in [-0.1, -0.05) is 30.3 Å². The summed E-state index contributed by atoms with van der Waals surface area (Å²) < 4.78 is 4.87. The third-order valence-corrected chi connectivity index (χ3v) is 1.96. The molecule has 0 spiro atoms. The molecule has 1 aromatic rings. The molecule has 0 unspecified atom stereocenters.